The molecule has 2 aliphatic heterocycles. The summed E-state index contributed by atoms with van der Waals surface area (Å²) in [5.74, 6) is -0.0609. The maximum atomic E-state index is 13.3. The van der Waals surface area contributed by atoms with Crippen molar-refractivity contribution in [1.82, 2.24) is 14.7 Å². The highest BCUT2D eigenvalue weighted by molar-refractivity contribution is 5.91. The normalized spacial score (nSPS) is 23.7. The van der Waals surface area contributed by atoms with E-state index in [9.17, 15) is 14.4 Å². The van der Waals surface area contributed by atoms with Gasteiger partial charge < -0.3 is 14.6 Å². The number of benzene rings is 1. The van der Waals surface area contributed by atoms with E-state index in [1.165, 1.54) is 0 Å². The van der Waals surface area contributed by atoms with Crippen molar-refractivity contribution in [3.05, 3.63) is 35.9 Å². The lowest BCUT2D eigenvalue weighted by atomic mass is 10.0. The van der Waals surface area contributed by atoms with Crippen molar-refractivity contribution in [2.24, 2.45) is 0 Å². The number of hydrogen-bond donors (Lipinski definition) is 0. The standard InChI is InChI=1S/C21H29N3O3/c1-22(2)19(14-16-8-4-3-5-9-16)21(27)24-13-7-11-18(24)20(26)23-12-6-10-17(23)15-25/h3-5,8-9,15,17-19H,6-7,10-14H2,1-2H3/t17-,18-,19+/m0/s1. The second-order valence-corrected chi connectivity index (χ2v) is 7.74. The van der Waals surface area contributed by atoms with Crippen LogP contribution in [0.4, 0.5) is 0 Å². The largest absolute Gasteiger partial charge is 0.331 e. The SMILES string of the molecule is CN(C)[C@H](Cc1ccccc1)C(=O)N1CCC[C@H]1C(=O)N1CCC[C@H]1C=O. The van der Waals surface area contributed by atoms with Crippen LogP contribution in [0, 0.1) is 0 Å². The summed E-state index contributed by atoms with van der Waals surface area (Å²) in [5, 5.41) is 0. The zero-order valence-electron chi connectivity index (χ0n) is 16.2. The molecule has 0 N–H and O–H groups in total. The lowest BCUT2D eigenvalue weighted by molar-refractivity contribution is -0.147. The molecule has 0 spiro atoms. The molecule has 1 aromatic carbocycles. The summed E-state index contributed by atoms with van der Waals surface area (Å²) in [6, 6.07) is 8.89. The summed E-state index contributed by atoms with van der Waals surface area (Å²) in [7, 11) is 3.81. The maximum absolute atomic E-state index is 13.3. The third-order valence-electron chi connectivity index (χ3n) is 5.74. The van der Waals surface area contributed by atoms with Crippen LogP contribution in [0.2, 0.25) is 0 Å². The summed E-state index contributed by atoms with van der Waals surface area (Å²) in [5.41, 5.74) is 1.10. The fourth-order valence-corrected chi connectivity index (χ4v) is 4.21. The van der Waals surface area contributed by atoms with Gasteiger partial charge in [0.05, 0.1) is 12.1 Å². The van der Waals surface area contributed by atoms with Gasteiger partial charge in [-0.15, -0.1) is 0 Å². The molecule has 6 nitrogen and oxygen atoms in total. The van der Waals surface area contributed by atoms with Crippen LogP contribution in [-0.2, 0) is 20.8 Å². The highest BCUT2D eigenvalue weighted by atomic mass is 16.2. The summed E-state index contributed by atoms with van der Waals surface area (Å²) < 4.78 is 0. The van der Waals surface area contributed by atoms with Crippen LogP contribution >= 0.6 is 0 Å². The zero-order valence-corrected chi connectivity index (χ0v) is 16.2. The highest BCUT2D eigenvalue weighted by Gasteiger charge is 2.41. The van der Waals surface area contributed by atoms with Gasteiger partial charge in [-0.05, 0) is 51.8 Å². The van der Waals surface area contributed by atoms with E-state index in [2.05, 4.69) is 0 Å². The predicted molar refractivity (Wildman–Crippen MR) is 103 cm³/mol. The lowest BCUT2D eigenvalue weighted by Crippen LogP contribution is -2.54. The second-order valence-electron chi connectivity index (χ2n) is 7.74. The summed E-state index contributed by atoms with van der Waals surface area (Å²) in [4.78, 5) is 43.0. The number of rotatable bonds is 6. The van der Waals surface area contributed by atoms with Crippen molar-refractivity contribution < 1.29 is 14.4 Å². The third-order valence-corrected chi connectivity index (χ3v) is 5.74. The summed E-state index contributed by atoms with van der Waals surface area (Å²) in [6.07, 6.45) is 4.56. The maximum Gasteiger partial charge on any atom is 0.245 e. The van der Waals surface area contributed by atoms with Gasteiger partial charge in [0.1, 0.15) is 12.3 Å². The first-order chi connectivity index (χ1) is 13.0. The van der Waals surface area contributed by atoms with Gasteiger partial charge in [-0.1, -0.05) is 30.3 Å². The van der Waals surface area contributed by atoms with Crippen molar-refractivity contribution in [2.45, 2.75) is 50.2 Å². The molecule has 2 amide bonds. The average Bonchev–Trinajstić information content (AvgIpc) is 3.34. The molecule has 0 radical (unpaired) electrons. The van der Waals surface area contributed by atoms with Crippen LogP contribution in [0.25, 0.3) is 0 Å². The molecule has 1 aromatic rings. The first-order valence-electron chi connectivity index (χ1n) is 9.79. The van der Waals surface area contributed by atoms with Crippen molar-refractivity contribution in [3.8, 4) is 0 Å². The Labute approximate surface area is 161 Å². The Kier molecular flexibility index (Phi) is 6.26. The van der Waals surface area contributed by atoms with Crippen LogP contribution in [0.15, 0.2) is 30.3 Å². The number of amides is 2. The molecule has 6 heteroatoms. The van der Waals surface area contributed by atoms with E-state index in [0.717, 1.165) is 31.1 Å². The molecule has 2 fully saturated rings. The van der Waals surface area contributed by atoms with E-state index in [4.69, 9.17) is 0 Å². The Hall–Kier alpha value is -2.21. The Bertz CT molecular complexity index is 677. The van der Waals surface area contributed by atoms with Gasteiger partial charge >= 0.3 is 0 Å². The van der Waals surface area contributed by atoms with E-state index in [1.54, 1.807) is 9.80 Å². The smallest absolute Gasteiger partial charge is 0.245 e. The second kappa shape index (κ2) is 8.65. The Morgan fingerprint density at radius 2 is 1.78 bits per heavy atom. The molecular weight excluding hydrogens is 342 g/mol. The molecular formula is C21H29N3O3. The summed E-state index contributed by atoms with van der Waals surface area (Å²) in [6.45, 7) is 1.22. The van der Waals surface area contributed by atoms with Gasteiger partial charge in [0.2, 0.25) is 11.8 Å². The van der Waals surface area contributed by atoms with Gasteiger partial charge in [0.25, 0.3) is 0 Å². The number of likely N-dealkylation sites (N-methyl/N-ethyl adjacent to an activating group) is 1. The number of aldehydes is 1. The molecule has 3 rings (SSSR count). The number of carbonyl (C=O) groups excluding carboxylic acids is 3. The van der Waals surface area contributed by atoms with Crippen LogP contribution in [0.1, 0.15) is 31.2 Å². The van der Waals surface area contributed by atoms with Gasteiger partial charge in [-0.2, -0.15) is 0 Å². The molecule has 2 saturated heterocycles. The van der Waals surface area contributed by atoms with E-state index < -0.39 is 6.04 Å². The van der Waals surface area contributed by atoms with Gasteiger partial charge in [0.15, 0.2) is 0 Å². The quantitative estimate of drug-likeness (QED) is 0.708. The van der Waals surface area contributed by atoms with E-state index >= 15 is 0 Å². The van der Waals surface area contributed by atoms with Crippen LogP contribution in [0.3, 0.4) is 0 Å². The predicted octanol–water partition coefficient (Wildman–Crippen LogP) is 1.34. The number of hydrogen-bond acceptors (Lipinski definition) is 4. The highest BCUT2D eigenvalue weighted by Crippen LogP contribution is 2.25. The van der Waals surface area contributed by atoms with Gasteiger partial charge in [-0.25, -0.2) is 0 Å². The minimum Gasteiger partial charge on any atom is -0.331 e. The molecule has 0 aromatic heterocycles. The fourth-order valence-electron chi connectivity index (χ4n) is 4.21. The molecule has 2 aliphatic rings. The fraction of sp³-hybridized carbons (Fsp3) is 0.571. The van der Waals surface area contributed by atoms with Crippen molar-refractivity contribution in [3.63, 3.8) is 0 Å². The van der Waals surface area contributed by atoms with E-state index in [0.29, 0.717) is 25.9 Å². The van der Waals surface area contributed by atoms with Crippen LogP contribution < -0.4 is 0 Å². The summed E-state index contributed by atoms with van der Waals surface area (Å²) >= 11 is 0. The Morgan fingerprint density at radius 1 is 1.11 bits per heavy atom. The Balaban J connectivity index is 1.74. The number of nitrogens with zero attached hydrogens (tertiary/aromatic N) is 3. The van der Waals surface area contributed by atoms with Gasteiger partial charge in [0, 0.05) is 13.1 Å². The Morgan fingerprint density at radius 3 is 2.44 bits per heavy atom. The molecule has 0 aliphatic carbocycles. The molecule has 27 heavy (non-hydrogen) atoms. The minimum atomic E-state index is -0.434. The number of likely N-dealkylation sites (tertiary alicyclic amines) is 2. The molecule has 0 unspecified atom stereocenters. The number of carbonyl (C=O) groups is 3. The zero-order chi connectivity index (χ0) is 19.4. The third kappa shape index (κ3) is 4.21. The topological polar surface area (TPSA) is 60.9 Å². The molecule has 0 saturated carbocycles. The van der Waals surface area contributed by atoms with Gasteiger partial charge in [-0.3, -0.25) is 14.5 Å². The van der Waals surface area contributed by atoms with Crippen molar-refractivity contribution in [1.29, 1.82) is 0 Å². The van der Waals surface area contributed by atoms with E-state index in [1.807, 2.05) is 49.3 Å². The molecule has 0 bridgehead atoms. The average molecular weight is 371 g/mol. The molecule has 146 valence electrons. The first kappa shape index (κ1) is 19.5. The molecule has 3 atom stereocenters. The molecule has 2 heterocycles. The van der Waals surface area contributed by atoms with Crippen LogP contribution in [-0.4, -0.2) is 78.1 Å². The first-order valence-corrected chi connectivity index (χ1v) is 9.79. The van der Waals surface area contributed by atoms with Crippen LogP contribution in [0.5, 0.6) is 0 Å². The van der Waals surface area contributed by atoms with E-state index in [-0.39, 0.29) is 23.9 Å². The lowest BCUT2D eigenvalue weighted by Gasteiger charge is -2.33. The minimum absolute atomic E-state index is 0.00144. The monoisotopic (exact) mass is 371 g/mol. The van der Waals surface area contributed by atoms with Crippen molar-refractivity contribution in [2.75, 3.05) is 27.2 Å². The van der Waals surface area contributed by atoms with Crippen molar-refractivity contribution >= 4 is 18.1 Å².